The first-order chi connectivity index (χ1) is 16.0. The average molecular weight is 527 g/mol. The minimum Gasteiger partial charge on any atom is -0.388 e. The lowest BCUT2D eigenvalue weighted by Gasteiger charge is -2.27. The van der Waals surface area contributed by atoms with Crippen LogP contribution in [0.3, 0.4) is 0 Å². The largest absolute Gasteiger partial charge is 0.388 e. The van der Waals surface area contributed by atoms with Crippen LogP contribution in [0.4, 0.5) is 26.6 Å². The lowest BCUT2D eigenvalue weighted by molar-refractivity contribution is 0.0646. The normalized spacial score (nSPS) is 12.2. The van der Waals surface area contributed by atoms with Gasteiger partial charge in [-0.1, -0.05) is 34.8 Å². The lowest BCUT2D eigenvalue weighted by Crippen LogP contribution is -2.40. The number of amides is 2. The van der Waals surface area contributed by atoms with Crippen LogP contribution in [0.2, 0.25) is 15.1 Å². The van der Waals surface area contributed by atoms with E-state index >= 15 is 0 Å². The number of aliphatic hydroxyl groups is 1. The molecule has 0 aliphatic carbocycles. The molecule has 2 aromatic carbocycles. The molecule has 0 spiro atoms. The highest BCUT2D eigenvalue weighted by Crippen LogP contribution is 2.30. The van der Waals surface area contributed by atoms with Gasteiger partial charge in [0.2, 0.25) is 5.95 Å². The molecule has 0 saturated carbocycles. The second kappa shape index (κ2) is 10.7. The predicted molar refractivity (Wildman–Crippen MR) is 134 cm³/mol. The molecule has 7 nitrogen and oxygen atoms in total. The molecule has 1 heterocycles. The van der Waals surface area contributed by atoms with Gasteiger partial charge in [-0.15, -0.1) is 0 Å². The van der Waals surface area contributed by atoms with Crippen LogP contribution in [0.25, 0.3) is 0 Å². The fourth-order valence-corrected chi connectivity index (χ4v) is 3.79. The van der Waals surface area contributed by atoms with Crippen LogP contribution < -0.4 is 15.5 Å². The third kappa shape index (κ3) is 6.48. The van der Waals surface area contributed by atoms with E-state index in [1.54, 1.807) is 20.8 Å². The molecule has 11 heteroatoms. The van der Waals surface area contributed by atoms with E-state index in [0.29, 0.717) is 26.3 Å². The monoisotopic (exact) mass is 525 g/mol. The zero-order chi connectivity index (χ0) is 25.0. The molecular weight excluding hydrogens is 504 g/mol. The number of urea groups is 1. The summed E-state index contributed by atoms with van der Waals surface area (Å²) in [6, 6.07) is 9.01. The Labute approximate surface area is 211 Å². The summed E-state index contributed by atoms with van der Waals surface area (Å²) in [7, 11) is 0. The van der Waals surface area contributed by atoms with Crippen molar-refractivity contribution in [3.8, 4) is 0 Å². The van der Waals surface area contributed by atoms with Gasteiger partial charge in [0.1, 0.15) is 11.6 Å². The molecule has 3 rings (SSSR count). The van der Waals surface area contributed by atoms with Gasteiger partial charge < -0.3 is 15.7 Å². The second-order valence-corrected chi connectivity index (χ2v) is 9.33. The van der Waals surface area contributed by atoms with Gasteiger partial charge in [0.05, 0.1) is 17.3 Å². The number of carbonyl (C=O) groups excluding carboxylic acids is 1. The molecule has 0 saturated heterocycles. The summed E-state index contributed by atoms with van der Waals surface area (Å²) >= 11 is 18.4. The van der Waals surface area contributed by atoms with Crippen molar-refractivity contribution >= 4 is 58.3 Å². The minimum atomic E-state index is -1.04. The maximum absolute atomic E-state index is 13.5. The SMILES string of the molecule is CC(Nc1nccc(N(C(=O)NCc2c(Cl)cc(Cl)cc2Cl)c2ccc(F)cc2)n1)C(C)(C)O. The molecule has 3 aromatic rings. The Bertz CT molecular complexity index is 1150. The number of nitrogens with one attached hydrogen (secondary N) is 2. The highest BCUT2D eigenvalue weighted by molar-refractivity contribution is 6.39. The number of nitrogens with zero attached hydrogens (tertiary/aromatic N) is 3. The number of hydrogen-bond donors (Lipinski definition) is 3. The molecule has 34 heavy (non-hydrogen) atoms. The van der Waals surface area contributed by atoms with Gasteiger partial charge in [0, 0.05) is 39.4 Å². The zero-order valence-electron chi connectivity index (χ0n) is 18.6. The lowest BCUT2D eigenvalue weighted by atomic mass is 10.0. The Hall–Kier alpha value is -2.65. The second-order valence-electron chi connectivity index (χ2n) is 8.08. The van der Waals surface area contributed by atoms with Crippen molar-refractivity contribution in [2.45, 2.75) is 39.0 Å². The van der Waals surface area contributed by atoms with Gasteiger partial charge >= 0.3 is 6.03 Å². The van der Waals surface area contributed by atoms with Crippen molar-refractivity contribution in [1.82, 2.24) is 15.3 Å². The molecule has 180 valence electrons. The van der Waals surface area contributed by atoms with Gasteiger partial charge in [0.25, 0.3) is 0 Å². The average Bonchev–Trinajstić information content (AvgIpc) is 2.74. The summed E-state index contributed by atoms with van der Waals surface area (Å²) in [6.45, 7) is 5.09. The Morgan fingerprint density at radius 3 is 2.35 bits per heavy atom. The van der Waals surface area contributed by atoms with E-state index in [4.69, 9.17) is 34.8 Å². The molecule has 1 aromatic heterocycles. The molecule has 0 aliphatic heterocycles. The van der Waals surface area contributed by atoms with Crippen molar-refractivity contribution in [2.24, 2.45) is 0 Å². The first-order valence-electron chi connectivity index (χ1n) is 10.2. The smallest absolute Gasteiger partial charge is 0.327 e. The molecule has 0 aliphatic rings. The number of anilines is 3. The third-order valence-corrected chi connectivity index (χ3v) is 5.98. The van der Waals surface area contributed by atoms with Gasteiger partial charge in [-0.3, -0.25) is 0 Å². The van der Waals surface area contributed by atoms with Crippen LogP contribution in [0.1, 0.15) is 26.3 Å². The van der Waals surface area contributed by atoms with Crippen LogP contribution in [0, 0.1) is 5.82 Å². The van der Waals surface area contributed by atoms with E-state index in [-0.39, 0.29) is 24.4 Å². The van der Waals surface area contributed by atoms with Crippen molar-refractivity contribution < 1.29 is 14.3 Å². The standard InChI is InChI=1S/C23H23Cl3FN5O2/c1-13(23(2,3)34)30-21-28-9-8-20(31-21)32(16-6-4-15(27)5-7-16)22(33)29-12-17-18(25)10-14(24)11-19(17)26/h4-11,13,34H,12H2,1-3H3,(H,29,33)(H,28,30,31). The molecular formula is C23H23Cl3FN5O2. The summed E-state index contributed by atoms with van der Waals surface area (Å²) in [5.74, 6) is -0.0263. The maximum Gasteiger partial charge on any atom is 0.327 e. The van der Waals surface area contributed by atoms with Crippen molar-refractivity contribution in [3.63, 3.8) is 0 Å². The topological polar surface area (TPSA) is 90.4 Å². The van der Waals surface area contributed by atoms with Crippen molar-refractivity contribution in [1.29, 1.82) is 0 Å². The summed E-state index contributed by atoms with van der Waals surface area (Å²) in [5.41, 5.74) is -0.179. The Kier molecular flexibility index (Phi) is 8.20. The zero-order valence-corrected chi connectivity index (χ0v) is 20.9. The number of halogens is 4. The fourth-order valence-electron chi connectivity index (χ4n) is 2.84. The quantitative estimate of drug-likeness (QED) is 0.341. The number of carbonyl (C=O) groups is 1. The molecule has 3 N–H and O–H groups in total. The van der Waals surface area contributed by atoms with Crippen LogP contribution in [0.5, 0.6) is 0 Å². The maximum atomic E-state index is 13.5. The van der Waals surface area contributed by atoms with Crippen molar-refractivity contribution in [3.05, 3.63) is 75.1 Å². The van der Waals surface area contributed by atoms with Crippen LogP contribution in [-0.4, -0.2) is 32.7 Å². The van der Waals surface area contributed by atoms with Gasteiger partial charge in [-0.05, 0) is 57.2 Å². The van der Waals surface area contributed by atoms with E-state index in [1.165, 1.54) is 53.6 Å². The molecule has 0 radical (unpaired) electrons. The molecule has 1 atom stereocenters. The summed E-state index contributed by atoms with van der Waals surface area (Å²) < 4.78 is 13.5. The third-order valence-electron chi connectivity index (χ3n) is 5.09. The first-order valence-corrected chi connectivity index (χ1v) is 11.4. The molecule has 1 unspecified atom stereocenters. The van der Waals surface area contributed by atoms with Crippen LogP contribution >= 0.6 is 34.8 Å². The number of rotatable bonds is 7. The predicted octanol–water partition coefficient (Wildman–Crippen LogP) is 6.20. The minimum absolute atomic E-state index is 0.0112. The Morgan fingerprint density at radius 1 is 1.15 bits per heavy atom. The highest BCUT2D eigenvalue weighted by atomic mass is 35.5. The van der Waals surface area contributed by atoms with Crippen LogP contribution in [0.15, 0.2) is 48.7 Å². The van der Waals surface area contributed by atoms with Crippen molar-refractivity contribution in [2.75, 3.05) is 10.2 Å². The number of hydrogen-bond acceptors (Lipinski definition) is 5. The van der Waals surface area contributed by atoms with Gasteiger partial charge in [-0.2, -0.15) is 4.98 Å². The Morgan fingerprint density at radius 2 is 1.76 bits per heavy atom. The van der Waals surface area contributed by atoms with Gasteiger partial charge in [0.15, 0.2) is 0 Å². The fraction of sp³-hybridized carbons (Fsp3) is 0.261. The van der Waals surface area contributed by atoms with E-state index < -0.39 is 17.4 Å². The van der Waals surface area contributed by atoms with E-state index in [2.05, 4.69) is 20.6 Å². The molecule has 2 amide bonds. The number of benzene rings is 2. The van der Waals surface area contributed by atoms with E-state index in [0.717, 1.165) is 0 Å². The number of aromatic nitrogens is 2. The van der Waals surface area contributed by atoms with E-state index in [9.17, 15) is 14.3 Å². The van der Waals surface area contributed by atoms with Crippen LogP contribution in [-0.2, 0) is 6.54 Å². The highest BCUT2D eigenvalue weighted by Gasteiger charge is 2.24. The summed E-state index contributed by atoms with van der Waals surface area (Å²) in [6.07, 6.45) is 1.47. The molecule has 0 fully saturated rings. The Balaban J connectivity index is 1.91. The molecule has 0 bridgehead atoms. The summed E-state index contributed by atoms with van der Waals surface area (Å²) in [5, 5.41) is 17.0. The van der Waals surface area contributed by atoms with Gasteiger partial charge in [-0.25, -0.2) is 19.1 Å². The van der Waals surface area contributed by atoms with E-state index in [1.807, 2.05) is 0 Å². The first kappa shape index (κ1) is 26.0. The summed E-state index contributed by atoms with van der Waals surface area (Å²) in [4.78, 5) is 23.1.